The number of nitrogens with zero attached hydrogens (tertiary/aromatic N) is 2. The van der Waals surface area contributed by atoms with Crippen molar-refractivity contribution in [3.63, 3.8) is 0 Å². The first-order chi connectivity index (χ1) is 18.8. The molecule has 2 heterocycles. The van der Waals surface area contributed by atoms with Crippen molar-refractivity contribution in [1.82, 2.24) is 0 Å². The minimum atomic E-state index is -0.633. The summed E-state index contributed by atoms with van der Waals surface area (Å²) in [6, 6.07) is 15.0. The molecular formula is C31H38N2O6. The molecule has 2 fully saturated rings. The third-order valence-corrected chi connectivity index (χ3v) is 6.92. The lowest BCUT2D eigenvalue weighted by atomic mass is 10.0. The van der Waals surface area contributed by atoms with Crippen LogP contribution in [0.1, 0.15) is 65.2 Å². The number of ether oxygens (including phenoxy) is 4. The molecule has 0 bridgehead atoms. The minimum Gasteiger partial charge on any atom is -0.494 e. The fourth-order valence-electron chi connectivity index (χ4n) is 4.59. The maximum atomic E-state index is 11.9. The fourth-order valence-corrected chi connectivity index (χ4v) is 4.59. The van der Waals surface area contributed by atoms with E-state index in [0.29, 0.717) is 31.6 Å². The molecular weight excluding hydrogens is 496 g/mol. The van der Waals surface area contributed by atoms with Gasteiger partial charge in [-0.15, -0.1) is 0 Å². The topological polar surface area (TPSA) is 95.8 Å². The number of unbranched alkanes of at least 4 members (excludes halogenated alkanes) is 2. The van der Waals surface area contributed by atoms with Gasteiger partial charge >= 0.3 is 5.97 Å². The molecule has 0 aromatic heterocycles. The third kappa shape index (κ3) is 8.75. The summed E-state index contributed by atoms with van der Waals surface area (Å²) in [5.41, 5.74) is 1.41. The van der Waals surface area contributed by atoms with Gasteiger partial charge in [-0.05, 0) is 101 Å². The number of carbonyl (C=O) groups is 2. The second-order valence-corrected chi connectivity index (χ2v) is 10.6. The van der Waals surface area contributed by atoms with Crippen LogP contribution < -0.4 is 9.47 Å². The van der Waals surface area contributed by atoms with E-state index < -0.39 is 5.60 Å². The van der Waals surface area contributed by atoms with Gasteiger partial charge in [-0.3, -0.25) is 4.79 Å². The number of hydrogen-bond donors (Lipinski definition) is 0. The number of Topliss-reactive ketones (excluding diaryl/α,β-unsaturated/α-hetero) is 1. The Labute approximate surface area is 230 Å². The van der Waals surface area contributed by atoms with E-state index in [4.69, 9.17) is 18.9 Å². The molecule has 8 nitrogen and oxygen atoms in total. The van der Waals surface area contributed by atoms with Crippen LogP contribution in [0.4, 0.5) is 11.4 Å². The van der Waals surface area contributed by atoms with Gasteiger partial charge in [0.1, 0.15) is 23.2 Å². The molecule has 2 aromatic carbocycles. The molecule has 0 aliphatic carbocycles. The molecule has 0 amide bonds. The van der Waals surface area contributed by atoms with Gasteiger partial charge in [0.25, 0.3) is 0 Å². The second-order valence-electron chi connectivity index (χ2n) is 10.6. The van der Waals surface area contributed by atoms with Gasteiger partial charge in [-0.1, -0.05) is 6.58 Å². The van der Waals surface area contributed by atoms with Crippen LogP contribution in [0.15, 0.2) is 70.9 Å². The number of hydrogen-bond acceptors (Lipinski definition) is 8. The molecule has 8 heteroatoms. The SMILES string of the molecule is C=C1CC(CCCCOc2ccc(N=Nc3ccc(OCCCCC4CC(=O)C(C)(C)O4)cc3)cc2)OC1=O. The van der Waals surface area contributed by atoms with E-state index in [1.165, 1.54) is 0 Å². The highest BCUT2D eigenvalue weighted by Crippen LogP contribution is 2.29. The van der Waals surface area contributed by atoms with Crippen LogP contribution in [0.2, 0.25) is 0 Å². The quantitative estimate of drug-likeness (QED) is 0.110. The number of esters is 1. The van der Waals surface area contributed by atoms with Gasteiger partial charge in [-0.2, -0.15) is 10.2 Å². The Balaban J connectivity index is 1.09. The van der Waals surface area contributed by atoms with Crippen LogP contribution in [0, 0.1) is 0 Å². The summed E-state index contributed by atoms with van der Waals surface area (Å²) < 4.78 is 22.7. The summed E-state index contributed by atoms with van der Waals surface area (Å²) in [7, 11) is 0. The second kappa shape index (κ2) is 13.5. The van der Waals surface area contributed by atoms with Gasteiger partial charge in [0.15, 0.2) is 5.78 Å². The van der Waals surface area contributed by atoms with Crippen molar-refractivity contribution in [3.8, 4) is 11.5 Å². The van der Waals surface area contributed by atoms with E-state index in [1.807, 2.05) is 62.4 Å². The van der Waals surface area contributed by atoms with Crippen molar-refractivity contribution in [2.24, 2.45) is 10.2 Å². The van der Waals surface area contributed by atoms with Crippen LogP contribution in [-0.2, 0) is 19.1 Å². The number of azo groups is 1. The molecule has 2 aliphatic heterocycles. The van der Waals surface area contributed by atoms with E-state index in [0.717, 1.165) is 61.4 Å². The van der Waals surface area contributed by atoms with E-state index in [9.17, 15) is 9.59 Å². The summed E-state index contributed by atoms with van der Waals surface area (Å²) in [6.45, 7) is 8.62. The van der Waals surface area contributed by atoms with E-state index in [1.54, 1.807) is 0 Å². The summed E-state index contributed by atoms with van der Waals surface area (Å²) in [4.78, 5) is 23.2. The standard InChI is InChI=1S/C31H38N2O6/c1-22-20-27(38-30(22)35)8-4-6-18-36-25-14-10-23(11-15-25)32-33-24-12-16-26(17-13-24)37-19-7-5-9-28-21-29(34)31(2,3)39-28/h10-17,27-28H,1,4-9,18-21H2,2-3H3. The molecule has 0 spiro atoms. The molecule has 208 valence electrons. The van der Waals surface area contributed by atoms with Crippen molar-refractivity contribution in [3.05, 3.63) is 60.7 Å². The zero-order chi connectivity index (χ0) is 27.7. The van der Waals surface area contributed by atoms with Crippen molar-refractivity contribution in [2.45, 2.75) is 83.0 Å². The predicted octanol–water partition coefficient (Wildman–Crippen LogP) is 7.21. The number of ketones is 1. The molecule has 2 saturated heterocycles. The highest BCUT2D eigenvalue weighted by molar-refractivity contribution is 5.90. The Kier molecular flexibility index (Phi) is 9.87. The lowest BCUT2D eigenvalue weighted by molar-refractivity contribution is -0.139. The first-order valence-electron chi connectivity index (χ1n) is 13.8. The van der Waals surface area contributed by atoms with Gasteiger partial charge in [0.2, 0.25) is 0 Å². The van der Waals surface area contributed by atoms with Crippen molar-refractivity contribution < 1.29 is 28.5 Å². The Morgan fingerprint density at radius 2 is 1.31 bits per heavy atom. The Morgan fingerprint density at radius 3 is 1.74 bits per heavy atom. The number of rotatable bonds is 14. The molecule has 2 atom stereocenters. The first-order valence-corrected chi connectivity index (χ1v) is 13.8. The van der Waals surface area contributed by atoms with Gasteiger partial charge in [0, 0.05) is 18.4 Å². The van der Waals surface area contributed by atoms with E-state index >= 15 is 0 Å². The van der Waals surface area contributed by atoms with Crippen molar-refractivity contribution in [1.29, 1.82) is 0 Å². The molecule has 39 heavy (non-hydrogen) atoms. The zero-order valence-corrected chi connectivity index (χ0v) is 22.9. The van der Waals surface area contributed by atoms with Crippen LogP contribution in [0.5, 0.6) is 11.5 Å². The summed E-state index contributed by atoms with van der Waals surface area (Å²) >= 11 is 0. The fraction of sp³-hybridized carbons (Fsp3) is 0.484. The molecule has 0 radical (unpaired) electrons. The van der Waals surface area contributed by atoms with E-state index in [-0.39, 0.29) is 24.0 Å². The highest BCUT2D eigenvalue weighted by Gasteiger charge is 2.39. The van der Waals surface area contributed by atoms with Gasteiger partial charge in [0.05, 0.1) is 30.7 Å². The predicted molar refractivity (Wildman–Crippen MR) is 148 cm³/mol. The van der Waals surface area contributed by atoms with Crippen molar-refractivity contribution in [2.75, 3.05) is 13.2 Å². The normalized spacial score (nSPS) is 20.5. The summed E-state index contributed by atoms with van der Waals surface area (Å²) in [6.07, 6.45) is 6.54. The first kappa shape index (κ1) is 28.5. The van der Waals surface area contributed by atoms with Crippen molar-refractivity contribution >= 4 is 23.1 Å². The minimum absolute atomic E-state index is 0.0319. The average molecular weight is 535 g/mol. The Hall–Kier alpha value is -3.52. The number of carbonyl (C=O) groups excluding carboxylic acids is 2. The zero-order valence-electron chi connectivity index (χ0n) is 22.9. The van der Waals surface area contributed by atoms with Crippen LogP contribution in [-0.4, -0.2) is 42.8 Å². The highest BCUT2D eigenvalue weighted by atomic mass is 16.5. The molecule has 2 aromatic rings. The summed E-state index contributed by atoms with van der Waals surface area (Å²) in [5, 5.41) is 8.60. The molecule has 0 N–H and O–H groups in total. The van der Waals surface area contributed by atoms with Crippen LogP contribution in [0.3, 0.4) is 0 Å². The Bertz CT molecular complexity index is 1140. The van der Waals surface area contributed by atoms with Gasteiger partial charge < -0.3 is 18.9 Å². The monoisotopic (exact) mass is 534 g/mol. The number of cyclic esters (lactones) is 1. The summed E-state index contributed by atoms with van der Waals surface area (Å²) in [5.74, 6) is 1.49. The smallest absolute Gasteiger partial charge is 0.333 e. The lowest BCUT2D eigenvalue weighted by Gasteiger charge is -2.17. The van der Waals surface area contributed by atoms with E-state index in [2.05, 4.69) is 16.8 Å². The molecule has 2 aliphatic rings. The molecule has 4 rings (SSSR count). The van der Waals surface area contributed by atoms with Gasteiger partial charge in [-0.25, -0.2) is 4.79 Å². The molecule has 0 saturated carbocycles. The average Bonchev–Trinajstić information content (AvgIpc) is 3.38. The maximum absolute atomic E-state index is 11.9. The molecule has 2 unspecified atom stereocenters. The maximum Gasteiger partial charge on any atom is 0.333 e. The largest absolute Gasteiger partial charge is 0.494 e. The van der Waals surface area contributed by atoms with Crippen LogP contribution in [0.25, 0.3) is 0 Å². The lowest BCUT2D eigenvalue weighted by Crippen LogP contribution is -2.27. The van der Waals surface area contributed by atoms with Crippen LogP contribution >= 0.6 is 0 Å². The number of benzene rings is 2. The Morgan fingerprint density at radius 1 is 0.795 bits per heavy atom. The third-order valence-electron chi connectivity index (χ3n) is 6.92.